The summed E-state index contributed by atoms with van der Waals surface area (Å²) < 4.78 is 2.19. The number of hydrogen-bond acceptors (Lipinski definition) is 1. The zero-order valence-electron chi connectivity index (χ0n) is 15.7. The van der Waals surface area contributed by atoms with Crippen molar-refractivity contribution in [2.24, 2.45) is 7.05 Å². The van der Waals surface area contributed by atoms with Crippen LogP contribution in [0.2, 0.25) is 0 Å². The molecule has 0 aliphatic carbocycles. The number of hydrogen-bond donors (Lipinski definition) is 0. The summed E-state index contributed by atoms with van der Waals surface area (Å²) in [6.45, 7) is 0. The van der Waals surface area contributed by atoms with Gasteiger partial charge in [0.15, 0.2) is 0 Å². The highest BCUT2D eigenvalue weighted by atomic mass is 14.9. The van der Waals surface area contributed by atoms with Crippen molar-refractivity contribution in [2.75, 3.05) is 0 Å². The van der Waals surface area contributed by atoms with E-state index in [9.17, 15) is 0 Å². The first-order valence-electron chi connectivity index (χ1n) is 9.47. The largest absolute Gasteiger partial charge is 0.350 e. The third kappa shape index (κ3) is 2.89. The van der Waals surface area contributed by atoms with Crippen molar-refractivity contribution < 1.29 is 0 Å². The number of para-hydroxylation sites is 1. The highest BCUT2D eigenvalue weighted by molar-refractivity contribution is 5.97. The number of pyridine rings is 1. The summed E-state index contributed by atoms with van der Waals surface area (Å²) in [5.74, 6) is 0. The van der Waals surface area contributed by atoms with E-state index in [4.69, 9.17) is 4.98 Å². The number of benzene rings is 3. The maximum absolute atomic E-state index is 4.98. The Morgan fingerprint density at radius 1 is 0.607 bits per heavy atom. The van der Waals surface area contributed by atoms with E-state index in [0.29, 0.717) is 0 Å². The molecule has 2 heteroatoms. The van der Waals surface area contributed by atoms with Gasteiger partial charge in [0, 0.05) is 40.8 Å². The van der Waals surface area contributed by atoms with Crippen LogP contribution in [-0.4, -0.2) is 9.55 Å². The smallest absolute Gasteiger partial charge is 0.0715 e. The molecule has 0 aliphatic rings. The monoisotopic (exact) mass is 360 g/mol. The maximum atomic E-state index is 4.98. The lowest BCUT2D eigenvalue weighted by Gasteiger charge is -2.10. The standard InChI is InChI=1S/C26H20N2/c1-28-18-23(22-14-8-9-15-26(22)28)21-16-24(19-10-4-2-5-11-19)27-25(17-21)20-12-6-3-7-13-20/h2-18H,1H3. The van der Waals surface area contributed by atoms with Crippen molar-refractivity contribution in [1.82, 2.24) is 9.55 Å². The van der Waals surface area contributed by atoms with Crippen LogP contribution in [0.15, 0.2) is 103 Å². The molecule has 134 valence electrons. The van der Waals surface area contributed by atoms with Crippen molar-refractivity contribution in [2.45, 2.75) is 0 Å². The molecule has 0 saturated carbocycles. The Bertz CT molecular complexity index is 1190. The van der Waals surface area contributed by atoms with Crippen LogP contribution in [0.25, 0.3) is 44.5 Å². The number of fused-ring (bicyclic) bond motifs is 1. The van der Waals surface area contributed by atoms with Gasteiger partial charge in [-0.3, -0.25) is 0 Å². The van der Waals surface area contributed by atoms with Gasteiger partial charge < -0.3 is 4.57 Å². The molecule has 0 fully saturated rings. The number of aromatic nitrogens is 2. The van der Waals surface area contributed by atoms with Crippen LogP contribution in [0.3, 0.4) is 0 Å². The third-order valence-corrected chi connectivity index (χ3v) is 5.17. The highest BCUT2D eigenvalue weighted by Gasteiger charge is 2.12. The summed E-state index contributed by atoms with van der Waals surface area (Å²) in [4.78, 5) is 4.98. The van der Waals surface area contributed by atoms with Crippen LogP contribution in [0.1, 0.15) is 0 Å². The van der Waals surface area contributed by atoms with Gasteiger partial charge in [0.05, 0.1) is 11.4 Å². The topological polar surface area (TPSA) is 17.8 Å². The van der Waals surface area contributed by atoms with E-state index in [0.717, 1.165) is 22.5 Å². The first kappa shape index (κ1) is 16.5. The summed E-state index contributed by atoms with van der Waals surface area (Å²) in [6, 6.07) is 33.7. The van der Waals surface area contributed by atoms with E-state index >= 15 is 0 Å². The Hall–Kier alpha value is -3.65. The van der Waals surface area contributed by atoms with E-state index in [-0.39, 0.29) is 0 Å². The first-order valence-corrected chi connectivity index (χ1v) is 9.47. The predicted molar refractivity (Wildman–Crippen MR) is 117 cm³/mol. The molecule has 28 heavy (non-hydrogen) atoms. The fourth-order valence-electron chi connectivity index (χ4n) is 3.77. The van der Waals surface area contributed by atoms with Gasteiger partial charge in [-0.1, -0.05) is 78.9 Å². The second-order valence-corrected chi connectivity index (χ2v) is 7.03. The van der Waals surface area contributed by atoms with Gasteiger partial charge in [0.2, 0.25) is 0 Å². The molecule has 3 aromatic carbocycles. The average molecular weight is 360 g/mol. The molecule has 2 nitrogen and oxygen atoms in total. The van der Waals surface area contributed by atoms with Crippen LogP contribution in [0, 0.1) is 0 Å². The minimum Gasteiger partial charge on any atom is -0.350 e. The minimum absolute atomic E-state index is 0.991. The molecule has 2 aromatic heterocycles. The van der Waals surface area contributed by atoms with Gasteiger partial charge in [-0.25, -0.2) is 4.98 Å². The molecule has 0 unspecified atom stereocenters. The molecule has 0 N–H and O–H groups in total. The maximum Gasteiger partial charge on any atom is 0.0715 e. The van der Waals surface area contributed by atoms with Crippen molar-refractivity contribution in [3.63, 3.8) is 0 Å². The quantitative estimate of drug-likeness (QED) is 0.355. The van der Waals surface area contributed by atoms with Gasteiger partial charge in [0.25, 0.3) is 0 Å². The second kappa shape index (κ2) is 6.82. The molecule has 0 amide bonds. The Morgan fingerprint density at radius 2 is 1.14 bits per heavy atom. The molecule has 0 saturated heterocycles. The van der Waals surface area contributed by atoms with E-state index in [2.05, 4.69) is 103 Å². The zero-order valence-corrected chi connectivity index (χ0v) is 15.7. The fourth-order valence-corrected chi connectivity index (χ4v) is 3.77. The number of nitrogens with zero attached hydrogens (tertiary/aromatic N) is 2. The second-order valence-electron chi connectivity index (χ2n) is 7.03. The van der Waals surface area contributed by atoms with Crippen LogP contribution in [0.4, 0.5) is 0 Å². The van der Waals surface area contributed by atoms with E-state index < -0.39 is 0 Å². The molecule has 0 aliphatic heterocycles. The fraction of sp³-hybridized carbons (Fsp3) is 0.0385. The lowest BCUT2D eigenvalue weighted by atomic mass is 9.99. The van der Waals surface area contributed by atoms with Gasteiger partial charge in [0.1, 0.15) is 0 Å². The van der Waals surface area contributed by atoms with Crippen molar-refractivity contribution in [3.8, 4) is 33.6 Å². The molecule has 0 bridgehead atoms. The molecule has 0 spiro atoms. The van der Waals surface area contributed by atoms with Gasteiger partial charge in [-0.15, -0.1) is 0 Å². The summed E-state index contributed by atoms with van der Waals surface area (Å²) >= 11 is 0. The Labute approximate surface area is 164 Å². The molecule has 2 heterocycles. The first-order chi connectivity index (χ1) is 13.8. The third-order valence-electron chi connectivity index (χ3n) is 5.17. The van der Waals surface area contributed by atoms with Crippen molar-refractivity contribution in [1.29, 1.82) is 0 Å². The molecule has 5 rings (SSSR count). The van der Waals surface area contributed by atoms with Crippen LogP contribution in [0.5, 0.6) is 0 Å². The number of aryl methyl sites for hydroxylation is 1. The predicted octanol–water partition coefficient (Wildman–Crippen LogP) is 6.57. The summed E-state index contributed by atoms with van der Waals surface area (Å²) in [7, 11) is 2.10. The average Bonchev–Trinajstić information content (AvgIpc) is 3.12. The number of rotatable bonds is 3. The Kier molecular flexibility index (Phi) is 4.02. The molecule has 0 radical (unpaired) electrons. The summed E-state index contributed by atoms with van der Waals surface area (Å²) in [5, 5.41) is 1.26. The van der Waals surface area contributed by atoms with Crippen LogP contribution >= 0.6 is 0 Å². The summed E-state index contributed by atoms with van der Waals surface area (Å²) in [6.07, 6.45) is 2.21. The zero-order chi connectivity index (χ0) is 18.9. The van der Waals surface area contributed by atoms with Gasteiger partial charge >= 0.3 is 0 Å². The van der Waals surface area contributed by atoms with Gasteiger partial charge in [-0.05, 0) is 23.8 Å². The normalized spacial score (nSPS) is 11.0. The Morgan fingerprint density at radius 3 is 1.75 bits per heavy atom. The lowest BCUT2D eigenvalue weighted by Crippen LogP contribution is -1.90. The van der Waals surface area contributed by atoms with E-state index in [1.165, 1.54) is 22.0 Å². The highest BCUT2D eigenvalue weighted by Crippen LogP contribution is 2.34. The molecular weight excluding hydrogens is 340 g/mol. The molecule has 5 aromatic rings. The van der Waals surface area contributed by atoms with E-state index in [1.54, 1.807) is 0 Å². The van der Waals surface area contributed by atoms with Crippen LogP contribution in [-0.2, 0) is 7.05 Å². The lowest BCUT2D eigenvalue weighted by molar-refractivity contribution is 0.970. The van der Waals surface area contributed by atoms with Gasteiger partial charge in [-0.2, -0.15) is 0 Å². The molecular formula is C26H20N2. The van der Waals surface area contributed by atoms with Crippen LogP contribution < -0.4 is 0 Å². The Balaban J connectivity index is 1.77. The van der Waals surface area contributed by atoms with Crippen molar-refractivity contribution >= 4 is 10.9 Å². The summed E-state index contributed by atoms with van der Waals surface area (Å²) in [5.41, 5.74) is 7.88. The SMILES string of the molecule is Cn1cc(-c2cc(-c3ccccc3)nc(-c3ccccc3)c2)c2ccccc21. The minimum atomic E-state index is 0.991. The van der Waals surface area contributed by atoms with E-state index in [1.807, 2.05) is 12.1 Å². The van der Waals surface area contributed by atoms with Crippen molar-refractivity contribution in [3.05, 3.63) is 103 Å². The molecule has 0 atom stereocenters.